The van der Waals surface area contributed by atoms with Crippen molar-refractivity contribution in [1.82, 2.24) is 15.0 Å². The Hall–Kier alpha value is -2.17. The van der Waals surface area contributed by atoms with E-state index in [0.717, 1.165) is 37.9 Å². The smallest absolute Gasteiger partial charge is 0.225 e. The van der Waals surface area contributed by atoms with Gasteiger partial charge in [-0.1, -0.05) is 19.9 Å². The van der Waals surface area contributed by atoms with Gasteiger partial charge in [-0.25, -0.2) is 15.0 Å². The summed E-state index contributed by atoms with van der Waals surface area (Å²) in [6.07, 6.45) is 5.73. The van der Waals surface area contributed by atoms with E-state index in [1.807, 2.05) is 30.7 Å². The first kappa shape index (κ1) is 13.8. The third-order valence-electron chi connectivity index (χ3n) is 3.86. The van der Waals surface area contributed by atoms with Gasteiger partial charge in [-0.2, -0.15) is 0 Å². The fraction of sp³-hybridized carbons (Fsp3) is 0.438. The first-order valence-corrected chi connectivity index (χ1v) is 7.47. The molecule has 0 atom stereocenters. The van der Waals surface area contributed by atoms with Gasteiger partial charge in [0.05, 0.1) is 0 Å². The molecule has 0 amide bonds. The summed E-state index contributed by atoms with van der Waals surface area (Å²) in [6, 6.07) is 6.04. The summed E-state index contributed by atoms with van der Waals surface area (Å²) < 4.78 is 0. The lowest BCUT2D eigenvalue weighted by molar-refractivity contribution is 0.633. The average Bonchev–Trinajstić information content (AvgIpc) is 2.56. The molecule has 1 fully saturated rings. The van der Waals surface area contributed by atoms with Crippen molar-refractivity contribution in [2.45, 2.75) is 19.8 Å². The monoisotopic (exact) mass is 283 g/mol. The zero-order valence-electron chi connectivity index (χ0n) is 12.6. The van der Waals surface area contributed by atoms with Crippen molar-refractivity contribution in [2.24, 2.45) is 0 Å². The Labute approximate surface area is 125 Å². The van der Waals surface area contributed by atoms with Crippen molar-refractivity contribution in [1.29, 1.82) is 0 Å². The average molecular weight is 283 g/mol. The minimum atomic E-state index is 0.472. The Morgan fingerprint density at radius 3 is 2.14 bits per heavy atom. The molecular formula is C16H21N5. The second-order valence-electron chi connectivity index (χ2n) is 5.63. The van der Waals surface area contributed by atoms with E-state index in [1.54, 1.807) is 0 Å². The minimum absolute atomic E-state index is 0.472. The molecule has 0 unspecified atom stereocenters. The van der Waals surface area contributed by atoms with Crippen LogP contribution in [0.5, 0.6) is 0 Å². The van der Waals surface area contributed by atoms with E-state index in [4.69, 9.17) is 0 Å². The molecule has 3 heterocycles. The number of anilines is 2. The molecule has 110 valence electrons. The maximum Gasteiger partial charge on any atom is 0.225 e. The summed E-state index contributed by atoms with van der Waals surface area (Å²) in [5.74, 6) is 2.35. The fourth-order valence-electron chi connectivity index (χ4n) is 2.47. The molecule has 0 N–H and O–H groups in total. The van der Waals surface area contributed by atoms with Crippen LogP contribution in [0.25, 0.3) is 0 Å². The van der Waals surface area contributed by atoms with E-state index in [2.05, 4.69) is 44.7 Å². The second kappa shape index (κ2) is 6.08. The maximum atomic E-state index is 4.50. The van der Waals surface area contributed by atoms with E-state index in [0.29, 0.717) is 5.92 Å². The number of nitrogens with zero attached hydrogens (tertiary/aromatic N) is 5. The first-order chi connectivity index (χ1) is 10.2. The van der Waals surface area contributed by atoms with Crippen LogP contribution in [0.2, 0.25) is 0 Å². The Balaban J connectivity index is 1.63. The van der Waals surface area contributed by atoms with Crippen LogP contribution in [0.1, 0.15) is 25.3 Å². The molecule has 0 radical (unpaired) electrons. The molecule has 5 heteroatoms. The Morgan fingerprint density at radius 1 is 0.905 bits per heavy atom. The largest absolute Gasteiger partial charge is 0.353 e. The van der Waals surface area contributed by atoms with E-state index >= 15 is 0 Å². The summed E-state index contributed by atoms with van der Waals surface area (Å²) >= 11 is 0. The molecule has 0 saturated carbocycles. The van der Waals surface area contributed by atoms with Crippen LogP contribution < -0.4 is 9.80 Å². The molecule has 1 aliphatic heterocycles. The van der Waals surface area contributed by atoms with Gasteiger partial charge in [0.1, 0.15) is 5.82 Å². The van der Waals surface area contributed by atoms with E-state index in [9.17, 15) is 0 Å². The molecule has 1 aliphatic rings. The van der Waals surface area contributed by atoms with Gasteiger partial charge in [-0.05, 0) is 23.6 Å². The first-order valence-electron chi connectivity index (χ1n) is 7.47. The van der Waals surface area contributed by atoms with Crippen molar-refractivity contribution < 1.29 is 0 Å². The molecule has 0 aromatic carbocycles. The van der Waals surface area contributed by atoms with Crippen molar-refractivity contribution in [2.75, 3.05) is 36.0 Å². The third-order valence-corrected chi connectivity index (χ3v) is 3.86. The predicted molar refractivity (Wildman–Crippen MR) is 84.8 cm³/mol. The van der Waals surface area contributed by atoms with Crippen LogP contribution in [0.3, 0.4) is 0 Å². The summed E-state index contributed by atoms with van der Waals surface area (Å²) in [6.45, 7) is 8.07. The van der Waals surface area contributed by atoms with Crippen molar-refractivity contribution >= 4 is 11.8 Å². The minimum Gasteiger partial charge on any atom is -0.353 e. The van der Waals surface area contributed by atoms with Gasteiger partial charge in [0, 0.05) is 44.8 Å². The van der Waals surface area contributed by atoms with Gasteiger partial charge in [0.25, 0.3) is 0 Å². The molecule has 2 aromatic rings. The Kier molecular flexibility index (Phi) is 3.99. The lowest BCUT2D eigenvalue weighted by atomic mass is 10.1. The molecule has 2 aromatic heterocycles. The van der Waals surface area contributed by atoms with Crippen molar-refractivity contribution in [3.63, 3.8) is 0 Å². The van der Waals surface area contributed by atoms with Crippen LogP contribution in [0, 0.1) is 0 Å². The van der Waals surface area contributed by atoms with Crippen LogP contribution >= 0.6 is 0 Å². The van der Waals surface area contributed by atoms with Crippen molar-refractivity contribution in [3.8, 4) is 0 Å². The highest BCUT2D eigenvalue weighted by Gasteiger charge is 2.19. The van der Waals surface area contributed by atoms with Crippen molar-refractivity contribution in [3.05, 3.63) is 42.4 Å². The third kappa shape index (κ3) is 3.12. The number of rotatable bonds is 3. The molecule has 5 nitrogen and oxygen atoms in total. The predicted octanol–water partition coefficient (Wildman–Crippen LogP) is 2.32. The number of hydrogen-bond acceptors (Lipinski definition) is 5. The topological polar surface area (TPSA) is 45.2 Å². The number of piperazine rings is 1. The molecule has 0 spiro atoms. The van der Waals surface area contributed by atoms with E-state index in [-0.39, 0.29) is 0 Å². The molecule has 3 rings (SSSR count). The molecule has 21 heavy (non-hydrogen) atoms. The molecule has 1 saturated heterocycles. The summed E-state index contributed by atoms with van der Waals surface area (Å²) in [5, 5.41) is 0. The zero-order chi connectivity index (χ0) is 14.7. The summed E-state index contributed by atoms with van der Waals surface area (Å²) in [7, 11) is 0. The number of pyridine rings is 1. The molecule has 0 aliphatic carbocycles. The molecular weight excluding hydrogens is 262 g/mol. The molecule has 0 bridgehead atoms. The maximum absolute atomic E-state index is 4.50. The second-order valence-corrected chi connectivity index (χ2v) is 5.63. The number of hydrogen-bond donors (Lipinski definition) is 0. The van der Waals surface area contributed by atoms with Gasteiger partial charge < -0.3 is 9.80 Å². The summed E-state index contributed by atoms with van der Waals surface area (Å²) in [4.78, 5) is 18.0. The van der Waals surface area contributed by atoms with Gasteiger partial charge in [0.2, 0.25) is 5.95 Å². The quantitative estimate of drug-likeness (QED) is 0.865. The summed E-state index contributed by atoms with van der Waals surface area (Å²) in [5.41, 5.74) is 1.19. The normalized spacial score (nSPS) is 15.6. The highest BCUT2D eigenvalue weighted by molar-refractivity contribution is 5.41. The lowest BCUT2D eigenvalue weighted by Gasteiger charge is -2.35. The van der Waals surface area contributed by atoms with Gasteiger partial charge in [-0.15, -0.1) is 0 Å². The van der Waals surface area contributed by atoms with Gasteiger partial charge in [-0.3, -0.25) is 0 Å². The van der Waals surface area contributed by atoms with Gasteiger partial charge in [0.15, 0.2) is 0 Å². The van der Waals surface area contributed by atoms with Crippen LogP contribution in [0.4, 0.5) is 11.8 Å². The van der Waals surface area contributed by atoms with Gasteiger partial charge >= 0.3 is 0 Å². The SMILES string of the molecule is CC(C)c1cnc(N2CCN(c3ccccn3)CC2)nc1. The van der Waals surface area contributed by atoms with Crippen LogP contribution in [0.15, 0.2) is 36.8 Å². The van der Waals surface area contributed by atoms with Crippen LogP contribution in [-0.2, 0) is 0 Å². The zero-order valence-corrected chi connectivity index (χ0v) is 12.6. The lowest BCUT2D eigenvalue weighted by Crippen LogP contribution is -2.47. The Bertz CT molecular complexity index is 559. The number of aromatic nitrogens is 3. The van der Waals surface area contributed by atoms with E-state index < -0.39 is 0 Å². The Morgan fingerprint density at radius 2 is 1.57 bits per heavy atom. The highest BCUT2D eigenvalue weighted by Crippen LogP contribution is 2.17. The highest BCUT2D eigenvalue weighted by atomic mass is 15.3. The standard InChI is InChI=1S/C16H21N5/c1-13(2)14-11-18-16(19-12-14)21-9-7-20(8-10-21)15-5-3-4-6-17-15/h3-6,11-13H,7-10H2,1-2H3. The van der Waals surface area contributed by atoms with Crippen LogP contribution in [-0.4, -0.2) is 41.1 Å². The fourth-order valence-corrected chi connectivity index (χ4v) is 2.47. The van der Waals surface area contributed by atoms with E-state index in [1.165, 1.54) is 5.56 Å².